The lowest BCUT2D eigenvalue weighted by atomic mass is 9.96. The molecule has 2 N–H and O–H groups in total. The minimum absolute atomic E-state index is 0.0873. The summed E-state index contributed by atoms with van der Waals surface area (Å²) in [6, 6.07) is 8.99. The smallest absolute Gasteiger partial charge is 0.337 e. The van der Waals surface area contributed by atoms with Crippen LogP contribution in [0.1, 0.15) is 40.4 Å². The number of rotatable bonds is 6. The number of ether oxygens (including phenoxy) is 1. The highest BCUT2D eigenvalue weighted by atomic mass is 16.5. The summed E-state index contributed by atoms with van der Waals surface area (Å²) in [6.45, 7) is 2.60. The molecule has 2 aromatic rings. The van der Waals surface area contributed by atoms with Crippen molar-refractivity contribution in [3.63, 3.8) is 0 Å². The molecule has 0 saturated carbocycles. The van der Waals surface area contributed by atoms with Gasteiger partial charge in [0.15, 0.2) is 0 Å². The van der Waals surface area contributed by atoms with Crippen molar-refractivity contribution in [2.45, 2.75) is 31.8 Å². The van der Waals surface area contributed by atoms with E-state index < -0.39 is 0 Å². The van der Waals surface area contributed by atoms with E-state index in [2.05, 4.69) is 20.5 Å². The summed E-state index contributed by atoms with van der Waals surface area (Å²) in [5.74, 6) is -0.0512. The first-order valence-electron chi connectivity index (χ1n) is 8.83. The number of carbonyl (C=O) groups excluding carboxylic acids is 2. The van der Waals surface area contributed by atoms with Crippen LogP contribution in [0.4, 0.5) is 0 Å². The van der Waals surface area contributed by atoms with Crippen molar-refractivity contribution in [3.05, 3.63) is 53.3 Å². The van der Waals surface area contributed by atoms with Crippen LogP contribution < -0.4 is 10.6 Å². The largest absolute Gasteiger partial charge is 0.465 e. The molecule has 1 fully saturated rings. The topological polar surface area (TPSA) is 85.2 Å². The molecule has 7 nitrogen and oxygen atoms in total. The zero-order valence-corrected chi connectivity index (χ0v) is 14.9. The summed E-state index contributed by atoms with van der Waals surface area (Å²) in [4.78, 5) is 23.7. The summed E-state index contributed by atoms with van der Waals surface area (Å²) < 4.78 is 6.46. The first-order valence-corrected chi connectivity index (χ1v) is 8.83. The number of hydrogen-bond donors (Lipinski definition) is 2. The van der Waals surface area contributed by atoms with Gasteiger partial charge in [0.1, 0.15) is 6.54 Å². The van der Waals surface area contributed by atoms with Gasteiger partial charge < -0.3 is 15.4 Å². The van der Waals surface area contributed by atoms with Gasteiger partial charge in [-0.05, 0) is 43.1 Å². The molecule has 1 aromatic carbocycles. The molecule has 0 bridgehead atoms. The molecule has 138 valence electrons. The van der Waals surface area contributed by atoms with E-state index in [1.54, 1.807) is 35.1 Å². The first-order chi connectivity index (χ1) is 12.7. The van der Waals surface area contributed by atoms with Gasteiger partial charge in [-0.15, -0.1) is 0 Å². The minimum Gasteiger partial charge on any atom is -0.465 e. The van der Waals surface area contributed by atoms with Crippen molar-refractivity contribution >= 4 is 11.9 Å². The predicted molar refractivity (Wildman–Crippen MR) is 96.7 cm³/mol. The summed E-state index contributed by atoms with van der Waals surface area (Å²) in [5, 5.41) is 10.6. The van der Waals surface area contributed by atoms with E-state index in [0.29, 0.717) is 18.0 Å². The van der Waals surface area contributed by atoms with Crippen molar-refractivity contribution in [1.82, 2.24) is 20.4 Å². The molecule has 1 aromatic heterocycles. The minimum atomic E-state index is -0.371. The van der Waals surface area contributed by atoms with Crippen molar-refractivity contribution in [2.24, 2.45) is 0 Å². The fourth-order valence-corrected chi connectivity index (χ4v) is 3.20. The van der Waals surface area contributed by atoms with Gasteiger partial charge in [-0.2, -0.15) is 5.10 Å². The number of piperidine rings is 1. The summed E-state index contributed by atoms with van der Waals surface area (Å²) in [6.07, 6.45) is 4.01. The van der Waals surface area contributed by atoms with Gasteiger partial charge in [0, 0.05) is 30.9 Å². The number of amides is 1. The molecule has 1 saturated heterocycles. The monoisotopic (exact) mass is 356 g/mol. The van der Waals surface area contributed by atoms with Crippen LogP contribution in [0.5, 0.6) is 0 Å². The molecular formula is C19H24N4O3. The van der Waals surface area contributed by atoms with E-state index in [9.17, 15) is 9.59 Å². The summed E-state index contributed by atoms with van der Waals surface area (Å²) >= 11 is 0. The van der Waals surface area contributed by atoms with E-state index in [-0.39, 0.29) is 18.4 Å². The van der Waals surface area contributed by atoms with Crippen LogP contribution >= 0.6 is 0 Å². The third-order valence-electron chi connectivity index (χ3n) is 4.62. The second-order valence-electron chi connectivity index (χ2n) is 6.42. The van der Waals surface area contributed by atoms with Crippen LogP contribution in [-0.4, -0.2) is 41.9 Å². The van der Waals surface area contributed by atoms with E-state index in [0.717, 1.165) is 37.2 Å². The van der Waals surface area contributed by atoms with Gasteiger partial charge >= 0.3 is 5.97 Å². The normalized spacial score (nSPS) is 16.9. The van der Waals surface area contributed by atoms with Crippen molar-refractivity contribution in [1.29, 1.82) is 0 Å². The van der Waals surface area contributed by atoms with Gasteiger partial charge in [0.25, 0.3) is 0 Å². The fourth-order valence-electron chi connectivity index (χ4n) is 3.20. The van der Waals surface area contributed by atoms with E-state index >= 15 is 0 Å². The number of hydrogen-bond acceptors (Lipinski definition) is 5. The molecule has 0 unspecified atom stereocenters. The zero-order chi connectivity index (χ0) is 18.4. The molecule has 1 atom stereocenters. The first kappa shape index (κ1) is 18.1. The Morgan fingerprint density at radius 2 is 2.12 bits per heavy atom. The SMILES string of the molecule is COC(=O)c1ccc(CNC(=O)Cn2nccc2[C@H]2CCCNC2)cc1. The van der Waals surface area contributed by atoms with E-state index in [1.807, 2.05) is 6.07 Å². The molecule has 1 aliphatic rings. The van der Waals surface area contributed by atoms with Gasteiger partial charge in [-0.3, -0.25) is 9.48 Å². The average Bonchev–Trinajstić information content (AvgIpc) is 3.15. The van der Waals surface area contributed by atoms with E-state index in [4.69, 9.17) is 0 Å². The zero-order valence-electron chi connectivity index (χ0n) is 14.9. The molecule has 7 heteroatoms. The number of nitrogens with zero attached hydrogens (tertiary/aromatic N) is 2. The van der Waals surface area contributed by atoms with Crippen LogP contribution in [0.3, 0.4) is 0 Å². The summed E-state index contributed by atoms with van der Waals surface area (Å²) in [7, 11) is 1.35. The van der Waals surface area contributed by atoms with Crippen molar-refractivity contribution in [3.8, 4) is 0 Å². The maximum atomic E-state index is 12.3. The highest BCUT2D eigenvalue weighted by Crippen LogP contribution is 2.22. The van der Waals surface area contributed by atoms with E-state index in [1.165, 1.54) is 7.11 Å². The molecular weight excluding hydrogens is 332 g/mol. The fraction of sp³-hybridized carbons (Fsp3) is 0.421. The summed E-state index contributed by atoms with van der Waals surface area (Å²) in [5.41, 5.74) is 2.52. The molecule has 0 aliphatic carbocycles. The maximum Gasteiger partial charge on any atom is 0.337 e. The van der Waals surface area contributed by atoms with Crippen LogP contribution in [0.25, 0.3) is 0 Å². The molecule has 3 rings (SSSR count). The Bertz CT molecular complexity index is 748. The van der Waals surface area contributed by atoms with Crippen LogP contribution in [0.15, 0.2) is 36.5 Å². The lowest BCUT2D eigenvalue weighted by Gasteiger charge is -2.23. The van der Waals surface area contributed by atoms with Crippen molar-refractivity contribution < 1.29 is 14.3 Å². The van der Waals surface area contributed by atoms with Crippen LogP contribution in [0, 0.1) is 0 Å². The molecule has 1 amide bonds. The van der Waals surface area contributed by atoms with Gasteiger partial charge in [-0.1, -0.05) is 12.1 Å². The Morgan fingerprint density at radius 1 is 1.31 bits per heavy atom. The molecule has 26 heavy (non-hydrogen) atoms. The Hall–Kier alpha value is -2.67. The maximum absolute atomic E-state index is 12.3. The highest BCUT2D eigenvalue weighted by molar-refractivity contribution is 5.89. The van der Waals surface area contributed by atoms with Crippen LogP contribution in [-0.2, 0) is 22.6 Å². The number of methoxy groups -OCH3 is 1. The second kappa shape index (κ2) is 8.62. The number of carbonyl (C=O) groups is 2. The number of benzene rings is 1. The number of esters is 1. The quantitative estimate of drug-likeness (QED) is 0.766. The van der Waals surface area contributed by atoms with Crippen molar-refractivity contribution in [2.75, 3.05) is 20.2 Å². The molecule has 0 radical (unpaired) electrons. The van der Waals surface area contributed by atoms with Gasteiger partial charge in [0.05, 0.1) is 12.7 Å². The third-order valence-corrected chi connectivity index (χ3v) is 4.62. The Kier molecular flexibility index (Phi) is 6.01. The predicted octanol–water partition coefficient (Wildman–Crippen LogP) is 1.45. The standard InChI is InChI=1S/C19H24N4O3/c1-26-19(25)15-6-4-14(5-7-15)11-21-18(24)13-23-17(8-10-22-23)16-3-2-9-20-12-16/h4-8,10,16,20H,2-3,9,11-13H2,1H3,(H,21,24)/t16-/m0/s1. The average molecular weight is 356 g/mol. The third kappa shape index (κ3) is 4.49. The molecule has 2 heterocycles. The Balaban J connectivity index is 1.53. The Morgan fingerprint density at radius 3 is 2.81 bits per heavy atom. The Labute approximate surface area is 152 Å². The second-order valence-corrected chi connectivity index (χ2v) is 6.42. The number of aromatic nitrogens is 2. The number of nitrogens with one attached hydrogen (secondary N) is 2. The lowest BCUT2D eigenvalue weighted by Crippen LogP contribution is -2.32. The highest BCUT2D eigenvalue weighted by Gasteiger charge is 2.19. The molecule has 1 aliphatic heterocycles. The lowest BCUT2D eigenvalue weighted by molar-refractivity contribution is -0.122. The molecule has 0 spiro atoms. The van der Waals surface area contributed by atoms with Crippen LogP contribution in [0.2, 0.25) is 0 Å². The van der Waals surface area contributed by atoms with Gasteiger partial charge in [0.2, 0.25) is 5.91 Å². The van der Waals surface area contributed by atoms with Gasteiger partial charge in [-0.25, -0.2) is 4.79 Å².